The van der Waals surface area contributed by atoms with Crippen LogP contribution in [0.1, 0.15) is 34.1 Å². The number of hydrogen-bond acceptors (Lipinski definition) is 6. The number of carbonyl (C=O) groups is 1. The van der Waals surface area contributed by atoms with Crippen molar-refractivity contribution in [3.8, 4) is 22.5 Å². The fraction of sp³-hybridized carbons (Fsp3) is 0.208. The molecule has 0 aromatic carbocycles. The van der Waals surface area contributed by atoms with Crippen LogP contribution in [0, 0.1) is 0 Å². The summed E-state index contributed by atoms with van der Waals surface area (Å²) in [7, 11) is 0. The Kier molecular flexibility index (Phi) is 5.50. The number of amides is 1. The summed E-state index contributed by atoms with van der Waals surface area (Å²) in [5.41, 5.74) is 3.94. The first-order chi connectivity index (χ1) is 15.3. The Morgan fingerprint density at radius 2 is 1.74 bits per heavy atom. The lowest BCUT2D eigenvalue weighted by Crippen LogP contribution is -2.39. The van der Waals surface area contributed by atoms with Gasteiger partial charge in [-0.3, -0.25) is 14.8 Å². The van der Waals surface area contributed by atoms with Crippen LogP contribution in [-0.4, -0.2) is 43.8 Å². The highest BCUT2D eigenvalue weighted by Crippen LogP contribution is 2.34. The van der Waals surface area contributed by atoms with Gasteiger partial charge in [0.25, 0.3) is 5.91 Å². The van der Waals surface area contributed by atoms with E-state index in [1.54, 1.807) is 24.8 Å². The molecule has 0 aliphatic carbocycles. The number of aromatic nitrogens is 4. The van der Waals surface area contributed by atoms with Crippen molar-refractivity contribution in [2.45, 2.75) is 18.8 Å². The molecule has 1 atom stereocenters. The van der Waals surface area contributed by atoms with Crippen LogP contribution in [0.4, 0.5) is 0 Å². The van der Waals surface area contributed by atoms with E-state index in [-0.39, 0.29) is 11.8 Å². The van der Waals surface area contributed by atoms with Gasteiger partial charge in [0.05, 0.1) is 10.6 Å². The summed E-state index contributed by atoms with van der Waals surface area (Å²) in [6.07, 6.45) is 10.9. The fourth-order valence-electron chi connectivity index (χ4n) is 4.04. The third-order valence-electron chi connectivity index (χ3n) is 5.58. The zero-order valence-corrected chi connectivity index (χ0v) is 17.7. The number of piperidine rings is 1. The third-order valence-corrected chi connectivity index (χ3v) is 6.43. The van der Waals surface area contributed by atoms with Crippen molar-refractivity contribution in [3.63, 3.8) is 0 Å². The number of hydrogen-bond donors (Lipinski definition) is 0. The van der Waals surface area contributed by atoms with Crippen molar-refractivity contribution in [2.75, 3.05) is 13.1 Å². The van der Waals surface area contributed by atoms with E-state index in [0.717, 1.165) is 46.6 Å². The zero-order valence-electron chi connectivity index (χ0n) is 16.9. The van der Waals surface area contributed by atoms with Gasteiger partial charge < -0.3 is 4.90 Å². The number of nitrogens with zero attached hydrogens (tertiary/aromatic N) is 5. The quantitative estimate of drug-likeness (QED) is 0.473. The molecule has 4 aromatic rings. The van der Waals surface area contributed by atoms with E-state index in [2.05, 4.69) is 15.0 Å². The van der Waals surface area contributed by atoms with Gasteiger partial charge in [0, 0.05) is 61.1 Å². The highest BCUT2D eigenvalue weighted by molar-refractivity contribution is 7.12. The minimum atomic E-state index is 0.105. The SMILES string of the molecule is O=C(c1cccs1)N1CCC[C@H](c2nc(-c3ccncc3)ncc2-c2ccncc2)C1. The Labute approximate surface area is 184 Å². The second-order valence-corrected chi connectivity index (χ2v) is 8.48. The van der Waals surface area contributed by atoms with Crippen LogP contribution >= 0.6 is 11.3 Å². The Bertz CT molecular complexity index is 1170. The van der Waals surface area contributed by atoms with Gasteiger partial charge in [-0.15, -0.1) is 11.3 Å². The van der Waals surface area contributed by atoms with E-state index >= 15 is 0 Å². The van der Waals surface area contributed by atoms with E-state index in [1.807, 2.05) is 52.9 Å². The molecule has 0 bridgehead atoms. The molecule has 4 aromatic heterocycles. The molecule has 0 unspecified atom stereocenters. The maximum Gasteiger partial charge on any atom is 0.263 e. The Hall–Kier alpha value is -3.45. The Morgan fingerprint density at radius 3 is 2.45 bits per heavy atom. The van der Waals surface area contributed by atoms with Gasteiger partial charge in [0.1, 0.15) is 0 Å². The molecule has 1 amide bonds. The summed E-state index contributed by atoms with van der Waals surface area (Å²) >= 11 is 1.49. The van der Waals surface area contributed by atoms with E-state index < -0.39 is 0 Å². The Morgan fingerprint density at radius 1 is 1.00 bits per heavy atom. The van der Waals surface area contributed by atoms with E-state index in [4.69, 9.17) is 4.98 Å². The third kappa shape index (κ3) is 4.09. The normalized spacial score (nSPS) is 16.3. The Balaban J connectivity index is 1.53. The molecule has 0 saturated carbocycles. The van der Waals surface area contributed by atoms with E-state index in [9.17, 15) is 4.79 Å². The van der Waals surface area contributed by atoms with Crippen molar-refractivity contribution < 1.29 is 4.79 Å². The second-order valence-electron chi connectivity index (χ2n) is 7.53. The molecule has 5 heterocycles. The molecule has 6 nitrogen and oxygen atoms in total. The van der Waals surface area contributed by atoms with Crippen LogP contribution in [0.15, 0.2) is 72.8 Å². The van der Waals surface area contributed by atoms with Gasteiger partial charge in [0.2, 0.25) is 0 Å². The summed E-state index contributed by atoms with van der Waals surface area (Å²) in [5, 5.41) is 1.95. The lowest BCUT2D eigenvalue weighted by molar-refractivity contribution is 0.0711. The van der Waals surface area contributed by atoms with Gasteiger partial charge >= 0.3 is 0 Å². The topological polar surface area (TPSA) is 71.9 Å². The lowest BCUT2D eigenvalue weighted by atomic mass is 9.90. The highest BCUT2D eigenvalue weighted by atomic mass is 32.1. The van der Waals surface area contributed by atoms with Crippen molar-refractivity contribution in [2.24, 2.45) is 0 Å². The molecular weight excluding hydrogens is 406 g/mol. The van der Waals surface area contributed by atoms with Crippen LogP contribution in [-0.2, 0) is 0 Å². The summed E-state index contributed by atoms with van der Waals surface area (Å²) in [6, 6.07) is 11.6. The predicted octanol–water partition coefficient (Wildman–Crippen LogP) is 4.68. The average Bonchev–Trinajstić information content (AvgIpc) is 3.39. The standard InChI is InChI=1S/C24H21N5OS/c30-24(21-4-2-14-31-21)29-13-1-3-19(16-29)22-20(17-5-9-25-10-6-17)15-27-23(28-22)18-7-11-26-12-8-18/h2,4-12,14-15,19H,1,3,13,16H2/t19-/m0/s1. The molecule has 0 spiro atoms. The summed E-state index contributed by atoms with van der Waals surface area (Å²) in [4.78, 5) is 33.6. The number of rotatable bonds is 4. The molecule has 1 aliphatic heterocycles. The smallest absolute Gasteiger partial charge is 0.263 e. The van der Waals surface area contributed by atoms with Crippen LogP contribution < -0.4 is 0 Å². The minimum Gasteiger partial charge on any atom is -0.337 e. The van der Waals surface area contributed by atoms with Gasteiger partial charge in [0.15, 0.2) is 5.82 Å². The molecule has 7 heteroatoms. The summed E-state index contributed by atoms with van der Waals surface area (Å²) < 4.78 is 0. The maximum absolute atomic E-state index is 13.0. The molecule has 0 N–H and O–H groups in total. The first kappa shape index (κ1) is 19.5. The maximum atomic E-state index is 13.0. The molecule has 5 rings (SSSR count). The second kappa shape index (κ2) is 8.73. The van der Waals surface area contributed by atoms with Crippen molar-refractivity contribution in [1.29, 1.82) is 0 Å². The molecule has 0 radical (unpaired) electrons. The van der Waals surface area contributed by atoms with Crippen LogP contribution in [0.3, 0.4) is 0 Å². The van der Waals surface area contributed by atoms with E-state index in [0.29, 0.717) is 12.4 Å². The molecule has 31 heavy (non-hydrogen) atoms. The highest BCUT2D eigenvalue weighted by Gasteiger charge is 2.29. The zero-order chi connectivity index (χ0) is 21.0. The molecular formula is C24H21N5OS. The van der Waals surface area contributed by atoms with Crippen molar-refractivity contribution >= 4 is 17.2 Å². The summed E-state index contributed by atoms with van der Waals surface area (Å²) in [5.74, 6) is 0.926. The monoisotopic (exact) mass is 427 g/mol. The first-order valence-electron chi connectivity index (χ1n) is 10.3. The van der Waals surface area contributed by atoms with Crippen LogP contribution in [0.25, 0.3) is 22.5 Å². The van der Waals surface area contributed by atoms with Gasteiger partial charge in [-0.25, -0.2) is 9.97 Å². The predicted molar refractivity (Wildman–Crippen MR) is 121 cm³/mol. The first-order valence-corrected chi connectivity index (χ1v) is 11.2. The fourth-order valence-corrected chi connectivity index (χ4v) is 4.73. The lowest BCUT2D eigenvalue weighted by Gasteiger charge is -2.33. The molecule has 1 fully saturated rings. The number of carbonyl (C=O) groups excluding carboxylic acids is 1. The average molecular weight is 428 g/mol. The van der Waals surface area contributed by atoms with Crippen LogP contribution in [0.2, 0.25) is 0 Å². The summed E-state index contributed by atoms with van der Waals surface area (Å²) in [6.45, 7) is 1.43. The minimum absolute atomic E-state index is 0.105. The van der Waals surface area contributed by atoms with Crippen molar-refractivity contribution in [3.05, 3.63) is 83.3 Å². The largest absolute Gasteiger partial charge is 0.337 e. The van der Waals surface area contributed by atoms with Gasteiger partial charge in [-0.2, -0.15) is 0 Å². The van der Waals surface area contributed by atoms with Crippen LogP contribution in [0.5, 0.6) is 0 Å². The molecule has 1 saturated heterocycles. The number of pyridine rings is 2. The number of thiophene rings is 1. The van der Waals surface area contributed by atoms with Gasteiger partial charge in [-0.1, -0.05) is 6.07 Å². The van der Waals surface area contributed by atoms with E-state index in [1.165, 1.54) is 11.3 Å². The molecule has 1 aliphatic rings. The molecule has 154 valence electrons. The van der Waals surface area contributed by atoms with Gasteiger partial charge in [-0.05, 0) is 54.1 Å². The van der Waals surface area contributed by atoms with Crippen molar-refractivity contribution in [1.82, 2.24) is 24.8 Å². The number of likely N-dealkylation sites (tertiary alicyclic amines) is 1.